The summed E-state index contributed by atoms with van der Waals surface area (Å²) >= 11 is 2.80. The zero-order valence-corrected chi connectivity index (χ0v) is 17.1. The average Bonchev–Trinajstić information content (AvgIpc) is 3.29. The fraction of sp³-hybridized carbons (Fsp3) is 0.474. The number of aromatic nitrogens is 3. The number of para-hydroxylation sites is 1. The van der Waals surface area contributed by atoms with Gasteiger partial charge in [-0.2, -0.15) is 0 Å². The predicted molar refractivity (Wildman–Crippen MR) is 108 cm³/mol. The van der Waals surface area contributed by atoms with Crippen molar-refractivity contribution in [2.75, 3.05) is 13.1 Å². The Hall–Kier alpha value is -2.06. The number of hydrogen-bond donors (Lipinski definition) is 0. The average molecular weight is 403 g/mol. The van der Waals surface area contributed by atoms with Gasteiger partial charge in [-0.3, -0.25) is 4.79 Å². The van der Waals surface area contributed by atoms with Crippen molar-refractivity contribution < 1.29 is 9.53 Å². The van der Waals surface area contributed by atoms with E-state index in [0.717, 1.165) is 46.8 Å². The lowest BCUT2D eigenvalue weighted by molar-refractivity contribution is 0.0599. The van der Waals surface area contributed by atoms with Crippen LogP contribution in [0.2, 0.25) is 0 Å². The number of piperidine rings is 1. The number of amides is 1. The summed E-state index contributed by atoms with van der Waals surface area (Å²) in [5, 5.41) is 4.83. The highest BCUT2D eigenvalue weighted by atomic mass is 32.1. The van der Waals surface area contributed by atoms with Crippen LogP contribution in [0.4, 0.5) is 0 Å². The van der Waals surface area contributed by atoms with Crippen LogP contribution in [0.3, 0.4) is 0 Å². The van der Waals surface area contributed by atoms with Crippen LogP contribution in [0.15, 0.2) is 18.2 Å². The van der Waals surface area contributed by atoms with E-state index in [2.05, 4.69) is 40.6 Å². The van der Waals surface area contributed by atoms with Crippen molar-refractivity contribution in [3.63, 3.8) is 0 Å². The lowest BCUT2D eigenvalue weighted by Gasteiger charge is -2.31. The summed E-state index contributed by atoms with van der Waals surface area (Å²) in [7, 11) is 0. The Labute approximate surface area is 166 Å². The van der Waals surface area contributed by atoms with Crippen molar-refractivity contribution in [1.29, 1.82) is 0 Å². The maximum atomic E-state index is 12.8. The molecule has 3 heterocycles. The largest absolute Gasteiger partial charge is 0.467 e. The van der Waals surface area contributed by atoms with E-state index in [0.29, 0.717) is 18.0 Å². The van der Waals surface area contributed by atoms with Gasteiger partial charge >= 0.3 is 0 Å². The standard InChI is InChI=1S/C19H22N4O2S2/c1-3-5-14-17(27-22-21-14)18(24)23-10-8-13(9-11-23)25-19-20-16-12(2)6-4-7-15(16)26-19/h4,6-7,13H,3,5,8-11H2,1-2H3. The van der Waals surface area contributed by atoms with E-state index in [4.69, 9.17) is 4.74 Å². The van der Waals surface area contributed by atoms with Crippen molar-refractivity contribution in [2.24, 2.45) is 0 Å². The summed E-state index contributed by atoms with van der Waals surface area (Å²) in [4.78, 5) is 20.0. The van der Waals surface area contributed by atoms with Gasteiger partial charge in [0.1, 0.15) is 11.0 Å². The fourth-order valence-electron chi connectivity index (χ4n) is 3.35. The van der Waals surface area contributed by atoms with Gasteiger partial charge in [-0.1, -0.05) is 41.3 Å². The van der Waals surface area contributed by atoms with Gasteiger partial charge in [0.25, 0.3) is 11.1 Å². The van der Waals surface area contributed by atoms with Crippen LogP contribution in [0.1, 0.15) is 47.1 Å². The summed E-state index contributed by atoms with van der Waals surface area (Å²) < 4.78 is 11.2. The van der Waals surface area contributed by atoms with Gasteiger partial charge in [-0.25, -0.2) is 4.98 Å². The van der Waals surface area contributed by atoms with Crippen LogP contribution >= 0.6 is 22.9 Å². The number of benzene rings is 1. The van der Waals surface area contributed by atoms with Crippen molar-refractivity contribution >= 4 is 39.0 Å². The molecular weight excluding hydrogens is 380 g/mol. The second kappa shape index (κ2) is 7.90. The topological polar surface area (TPSA) is 68.2 Å². The summed E-state index contributed by atoms with van der Waals surface area (Å²) in [6.07, 6.45) is 3.49. The monoisotopic (exact) mass is 402 g/mol. The molecule has 0 bridgehead atoms. The second-order valence-electron chi connectivity index (χ2n) is 6.81. The minimum absolute atomic E-state index is 0.0579. The molecule has 1 saturated heterocycles. The van der Waals surface area contributed by atoms with Gasteiger partial charge < -0.3 is 9.64 Å². The van der Waals surface area contributed by atoms with Gasteiger partial charge in [0, 0.05) is 25.9 Å². The van der Waals surface area contributed by atoms with Crippen LogP contribution in [-0.2, 0) is 6.42 Å². The quantitative estimate of drug-likeness (QED) is 0.643. The molecule has 1 amide bonds. The number of carbonyl (C=O) groups excluding carboxylic acids is 1. The lowest BCUT2D eigenvalue weighted by atomic mass is 10.1. The highest BCUT2D eigenvalue weighted by molar-refractivity contribution is 7.20. The molecule has 2 aromatic heterocycles. The number of thiazole rings is 1. The van der Waals surface area contributed by atoms with Crippen LogP contribution in [0.25, 0.3) is 10.2 Å². The molecule has 4 rings (SSSR count). The molecule has 0 radical (unpaired) electrons. The highest BCUT2D eigenvalue weighted by Gasteiger charge is 2.28. The highest BCUT2D eigenvalue weighted by Crippen LogP contribution is 2.31. The number of aryl methyl sites for hydroxylation is 2. The summed E-state index contributed by atoms with van der Waals surface area (Å²) in [6.45, 7) is 5.53. The molecule has 142 valence electrons. The first kappa shape index (κ1) is 18.3. The summed E-state index contributed by atoms with van der Waals surface area (Å²) in [5.74, 6) is 0.0579. The zero-order valence-electron chi connectivity index (χ0n) is 15.5. The third-order valence-electron chi connectivity index (χ3n) is 4.83. The van der Waals surface area contributed by atoms with Crippen molar-refractivity contribution in [3.05, 3.63) is 34.3 Å². The molecule has 0 unspecified atom stereocenters. The maximum absolute atomic E-state index is 12.8. The number of rotatable bonds is 5. The molecule has 1 aliphatic rings. The van der Waals surface area contributed by atoms with E-state index in [9.17, 15) is 4.79 Å². The molecule has 3 aromatic rings. The van der Waals surface area contributed by atoms with Gasteiger partial charge in [0.15, 0.2) is 0 Å². The molecule has 0 atom stereocenters. The SMILES string of the molecule is CCCc1nnsc1C(=O)N1CCC(Oc2nc3c(C)cccc3s2)CC1. The molecule has 0 spiro atoms. The minimum atomic E-state index is 0.0579. The number of fused-ring (bicyclic) bond motifs is 1. The molecule has 1 aliphatic heterocycles. The number of likely N-dealkylation sites (tertiary alicyclic amines) is 1. The Bertz CT molecular complexity index is 944. The normalized spacial score (nSPS) is 15.4. The number of hydrogen-bond acceptors (Lipinski definition) is 7. The van der Waals surface area contributed by atoms with Gasteiger partial charge in [-0.05, 0) is 36.5 Å². The minimum Gasteiger partial charge on any atom is -0.467 e. The Kier molecular flexibility index (Phi) is 5.36. The van der Waals surface area contributed by atoms with E-state index >= 15 is 0 Å². The van der Waals surface area contributed by atoms with E-state index < -0.39 is 0 Å². The molecule has 1 aromatic carbocycles. The fourth-order valence-corrected chi connectivity index (χ4v) is 4.99. The van der Waals surface area contributed by atoms with E-state index in [-0.39, 0.29) is 12.0 Å². The van der Waals surface area contributed by atoms with Crippen LogP contribution in [0, 0.1) is 6.92 Å². The third kappa shape index (κ3) is 3.82. The van der Waals surface area contributed by atoms with Crippen molar-refractivity contribution in [1.82, 2.24) is 19.5 Å². The number of ether oxygens (including phenoxy) is 1. The summed E-state index contributed by atoms with van der Waals surface area (Å²) in [5.41, 5.74) is 3.02. The molecule has 1 fully saturated rings. The lowest BCUT2D eigenvalue weighted by Crippen LogP contribution is -2.41. The Morgan fingerprint density at radius 1 is 1.33 bits per heavy atom. The van der Waals surface area contributed by atoms with Crippen molar-refractivity contribution in [2.45, 2.75) is 45.6 Å². The molecule has 0 aliphatic carbocycles. The van der Waals surface area contributed by atoms with Crippen molar-refractivity contribution in [3.8, 4) is 5.19 Å². The first-order chi connectivity index (χ1) is 13.2. The second-order valence-corrected chi connectivity index (χ2v) is 8.56. The van der Waals surface area contributed by atoms with Crippen LogP contribution in [0.5, 0.6) is 5.19 Å². The van der Waals surface area contributed by atoms with E-state index in [1.54, 1.807) is 11.3 Å². The Morgan fingerprint density at radius 2 is 2.15 bits per heavy atom. The summed E-state index contributed by atoms with van der Waals surface area (Å²) in [6, 6.07) is 6.19. The van der Waals surface area contributed by atoms with Crippen LogP contribution in [-0.4, -0.2) is 44.6 Å². The Balaban J connectivity index is 1.37. The molecule has 0 saturated carbocycles. The molecule has 6 nitrogen and oxygen atoms in total. The smallest absolute Gasteiger partial charge is 0.274 e. The number of nitrogens with zero attached hydrogens (tertiary/aromatic N) is 4. The molecular formula is C19H22N4O2S2. The maximum Gasteiger partial charge on any atom is 0.274 e. The third-order valence-corrected chi connectivity index (χ3v) is 6.50. The first-order valence-corrected chi connectivity index (χ1v) is 10.9. The molecule has 8 heteroatoms. The van der Waals surface area contributed by atoms with Gasteiger partial charge in [-0.15, -0.1) is 5.10 Å². The van der Waals surface area contributed by atoms with Crippen LogP contribution < -0.4 is 4.74 Å². The molecule has 27 heavy (non-hydrogen) atoms. The Morgan fingerprint density at radius 3 is 2.89 bits per heavy atom. The first-order valence-electron chi connectivity index (χ1n) is 9.29. The van der Waals surface area contributed by atoms with Gasteiger partial charge in [0.2, 0.25) is 0 Å². The molecule has 0 N–H and O–H groups in total. The number of carbonyl (C=O) groups is 1. The van der Waals surface area contributed by atoms with E-state index in [1.165, 1.54) is 17.1 Å². The van der Waals surface area contributed by atoms with Gasteiger partial charge in [0.05, 0.1) is 15.9 Å². The zero-order chi connectivity index (χ0) is 18.8. The van der Waals surface area contributed by atoms with E-state index in [1.807, 2.05) is 11.0 Å². The predicted octanol–water partition coefficient (Wildman–Crippen LogP) is 4.09.